The average Bonchev–Trinajstić information content (AvgIpc) is 3.65. The normalized spacial score (nSPS) is 20.0. The van der Waals surface area contributed by atoms with Crippen molar-refractivity contribution in [1.29, 1.82) is 0 Å². The summed E-state index contributed by atoms with van der Waals surface area (Å²) in [5.74, 6) is 0.899. The molecule has 38 heavy (non-hydrogen) atoms. The molecule has 1 saturated heterocycles. The van der Waals surface area contributed by atoms with Crippen LogP contribution in [0.25, 0.3) is 0 Å². The summed E-state index contributed by atoms with van der Waals surface area (Å²) in [6, 6.07) is 5.18. The molecule has 13 heteroatoms. The van der Waals surface area contributed by atoms with Crippen LogP contribution in [0.1, 0.15) is 23.2 Å². The van der Waals surface area contributed by atoms with Crippen LogP contribution in [0.2, 0.25) is 0 Å². The predicted molar refractivity (Wildman–Crippen MR) is 131 cm³/mol. The molecule has 12 nitrogen and oxygen atoms in total. The smallest absolute Gasteiger partial charge is 0.415 e. The number of cyclic esters (lactones) is 1. The number of halogens is 1. The fourth-order valence-corrected chi connectivity index (χ4v) is 4.92. The van der Waals surface area contributed by atoms with Crippen LogP contribution in [0.4, 0.5) is 20.8 Å². The molecule has 0 saturated carbocycles. The Morgan fingerprint density at radius 3 is 3.05 bits per heavy atom. The highest BCUT2D eigenvalue weighted by Gasteiger charge is 2.34. The number of hydrogen-bond donors (Lipinski definition) is 3. The highest BCUT2D eigenvalue weighted by atomic mass is 19.1. The molecule has 2 atom stereocenters. The van der Waals surface area contributed by atoms with E-state index in [9.17, 15) is 14.0 Å². The number of hydrogen-bond acceptors (Lipinski definition) is 9. The second-order valence-corrected chi connectivity index (χ2v) is 9.52. The molecule has 198 valence electrons. The quantitative estimate of drug-likeness (QED) is 0.359. The van der Waals surface area contributed by atoms with Crippen molar-refractivity contribution < 1.29 is 28.2 Å². The van der Waals surface area contributed by atoms with E-state index < -0.39 is 6.09 Å². The van der Waals surface area contributed by atoms with Crippen molar-refractivity contribution in [2.24, 2.45) is 5.92 Å². The number of aromatic amines is 1. The van der Waals surface area contributed by atoms with Gasteiger partial charge in [-0.15, -0.1) is 0 Å². The summed E-state index contributed by atoms with van der Waals surface area (Å²) >= 11 is 0. The molecular formula is C25H26FN7O5. The molecule has 3 aromatic rings. The van der Waals surface area contributed by atoms with E-state index in [0.29, 0.717) is 38.3 Å². The zero-order valence-corrected chi connectivity index (χ0v) is 20.4. The summed E-state index contributed by atoms with van der Waals surface area (Å²) in [4.78, 5) is 33.7. The second kappa shape index (κ2) is 10.2. The van der Waals surface area contributed by atoms with Crippen LogP contribution in [-0.4, -0.2) is 64.5 Å². The Hall–Kier alpha value is -4.26. The number of anilines is 2. The molecule has 4 heterocycles. The third-order valence-corrected chi connectivity index (χ3v) is 6.77. The van der Waals surface area contributed by atoms with Crippen LogP contribution in [0.15, 0.2) is 30.6 Å². The van der Waals surface area contributed by atoms with Gasteiger partial charge in [-0.2, -0.15) is 5.10 Å². The van der Waals surface area contributed by atoms with Crippen molar-refractivity contribution in [3.63, 3.8) is 0 Å². The number of nitrogens with one attached hydrogen (secondary N) is 3. The topological polar surface area (TPSA) is 144 Å². The van der Waals surface area contributed by atoms with Gasteiger partial charge in [0.25, 0.3) is 11.8 Å². The zero-order valence-electron chi connectivity index (χ0n) is 20.4. The Morgan fingerprint density at radius 2 is 2.18 bits per heavy atom. The molecule has 0 spiro atoms. The van der Waals surface area contributed by atoms with Gasteiger partial charge in [0, 0.05) is 12.3 Å². The van der Waals surface area contributed by atoms with Crippen LogP contribution in [0.5, 0.6) is 11.6 Å². The van der Waals surface area contributed by atoms with Crippen LogP contribution >= 0.6 is 0 Å². The third-order valence-electron chi connectivity index (χ3n) is 6.77. The van der Waals surface area contributed by atoms with E-state index in [1.807, 2.05) is 12.1 Å². The molecule has 3 aliphatic rings. The maximum Gasteiger partial charge on any atom is 0.415 e. The standard InChI is InChI=1S/C25H26FN7O5/c26-20-8-18(36-12-16-1-4-29-32-16)7-15-5-14(6-19(15)20)9-27-3-2-17-11-33(25(35)38-17)21-10-28-24-23(30-21)31-22(34)13-37-24/h1,4,7-8,10,14,17,27H,2-3,5-6,9,11-13H2,(H,29,32)(H,30,31,34). The van der Waals surface area contributed by atoms with Crippen molar-refractivity contribution in [3.05, 3.63) is 53.2 Å². The highest BCUT2D eigenvalue weighted by Crippen LogP contribution is 2.33. The molecule has 1 aliphatic carbocycles. The Kier molecular flexibility index (Phi) is 6.50. The van der Waals surface area contributed by atoms with Gasteiger partial charge in [-0.1, -0.05) is 0 Å². The molecule has 6 rings (SSSR count). The number of fused-ring (bicyclic) bond motifs is 2. The van der Waals surface area contributed by atoms with Gasteiger partial charge < -0.3 is 24.8 Å². The lowest BCUT2D eigenvalue weighted by Gasteiger charge is -2.18. The molecule has 2 amide bonds. The zero-order chi connectivity index (χ0) is 26.1. The number of nitrogens with zero attached hydrogens (tertiary/aromatic N) is 4. The summed E-state index contributed by atoms with van der Waals surface area (Å²) in [7, 11) is 0. The number of aromatic nitrogens is 4. The first-order chi connectivity index (χ1) is 18.5. The summed E-state index contributed by atoms with van der Waals surface area (Å²) in [5.41, 5.74) is 2.55. The summed E-state index contributed by atoms with van der Waals surface area (Å²) in [6.45, 7) is 1.87. The number of amides is 2. The Labute approximate surface area is 216 Å². The number of rotatable bonds is 9. The van der Waals surface area contributed by atoms with Gasteiger partial charge in [0.05, 0.1) is 18.4 Å². The van der Waals surface area contributed by atoms with Crippen LogP contribution in [0.3, 0.4) is 0 Å². The number of carbonyl (C=O) groups is 2. The van der Waals surface area contributed by atoms with Gasteiger partial charge in [0.15, 0.2) is 18.2 Å². The largest absolute Gasteiger partial charge is 0.487 e. The van der Waals surface area contributed by atoms with Crippen LogP contribution in [0, 0.1) is 11.7 Å². The van der Waals surface area contributed by atoms with E-state index in [4.69, 9.17) is 14.2 Å². The lowest BCUT2D eigenvalue weighted by atomic mass is 10.1. The maximum absolute atomic E-state index is 14.7. The monoisotopic (exact) mass is 523 g/mol. The fourth-order valence-electron chi connectivity index (χ4n) is 4.92. The maximum atomic E-state index is 14.7. The van der Waals surface area contributed by atoms with E-state index in [2.05, 4.69) is 30.8 Å². The van der Waals surface area contributed by atoms with E-state index in [1.165, 1.54) is 17.2 Å². The fraction of sp³-hybridized carbons (Fsp3) is 0.400. The molecule has 0 radical (unpaired) electrons. The number of carbonyl (C=O) groups excluding carboxylic acids is 2. The average molecular weight is 524 g/mol. The number of benzene rings is 1. The molecule has 2 unspecified atom stereocenters. The molecule has 1 aromatic carbocycles. The minimum Gasteiger partial charge on any atom is -0.487 e. The van der Waals surface area contributed by atoms with Gasteiger partial charge in [0.1, 0.15) is 24.3 Å². The lowest BCUT2D eigenvalue weighted by molar-refractivity contribution is -0.118. The lowest BCUT2D eigenvalue weighted by Crippen LogP contribution is -2.30. The minimum absolute atomic E-state index is 0.119. The Bertz CT molecular complexity index is 1350. The van der Waals surface area contributed by atoms with Crippen molar-refractivity contribution in [2.75, 3.05) is 36.5 Å². The summed E-state index contributed by atoms with van der Waals surface area (Å²) in [5, 5.41) is 12.7. The van der Waals surface area contributed by atoms with E-state index in [1.54, 1.807) is 6.20 Å². The van der Waals surface area contributed by atoms with Crippen molar-refractivity contribution in [2.45, 2.75) is 32.0 Å². The number of ether oxygens (including phenoxy) is 3. The molecule has 3 N–H and O–H groups in total. The second-order valence-electron chi connectivity index (χ2n) is 9.52. The third kappa shape index (κ3) is 5.09. The van der Waals surface area contributed by atoms with Crippen LogP contribution < -0.4 is 25.0 Å². The van der Waals surface area contributed by atoms with E-state index >= 15 is 0 Å². The van der Waals surface area contributed by atoms with Gasteiger partial charge in [-0.05, 0) is 61.5 Å². The van der Waals surface area contributed by atoms with Crippen molar-refractivity contribution in [1.82, 2.24) is 25.5 Å². The molecule has 1 fully saturated rings. The van der Waals surface area contributed by atoms with Gasteiger partial charge in [0.2, 0.25) is 0 Å². The highest BCUT2D eigenvalue weighted by molar-refractivity contribution is 5.94. The number of H-pyrrole nitrogens is 1. The van der Waals surface area contributed by atoms with Crippen LogP contribution in [-0.2, 0) is 29.0 Å². The molecular weight excluding hydrogens is 497 g/mol. The first-order valence-corrected chi connectivity index (χ1v) is 12.4. The summed E-state index contributed by atoms with van der Waals surface area (Å²) < 4.78 is 31.1. The summed E-state index contributed by atoms with van der Waals surface area (Å²) in [6.07, 6.45) is 4.28. The SMILES string of the molecule is O=C1COc2ncc(N3CC(CCNCC4Cc5cc(OCc6ccn[nH]6)cc(F)c5C4)OC3=O)nc2N1. The Morgan fingerprint density at radius 1 is 1.26 bits per heavy atom. The van der Waals surface area contributed by atoms with Gasteiger partial charge >= 0.3 is 6.09 Å². The molecule has 2 aromatic heterocycles. The van der Waals surface area contributed by atoms with E-state index in [-0.39, 0.29) is 47.9 Å². The first kappa shape index (κ1) is 24.1. The van der Waals surface area contributed by atoms with Gasteiger partial charge in [-0.3, -0.25) is 14.8 Å². The van der Waals surface area contributed by atoms with Gasteiger partial charge in [-0.25, -0.2) is 19.2 Å². The van der Waals surface area contributed by atoms with E-state index in [0.717, 1.165) is 29.8 Å². The van der Waals surface area contributed by atoms with Crippen molar-refractivity contribution >= 4 is 23.6 Å². The molecule has 2 aliphatic heterocycles. The molecule has 0 bridgehead atoms. The predicted octanol–water partition coefficient (Wildman–Crippen LogP) is 1.97. The van der Waals surface area contributed by atoms with Crippen molar-refractivity contribution in [3.8, 4) is 11.6 Å². The first-order valence-electron chi connectivity index (χ1n) is 12.4. The minimum atomic E-state index is -0.514. The Balaban J connectivity index is 0.963.